The van der Waals surface area contributed by atoms with Crippen LogP contribution in [0.15, 0.2) is 120 Å². The van der Waals surface area contributed by atoms with E-state index < -0.39 is 8.07 Å². The van der Waals surface area contributed by atoms with Gasteiger partial charge in [0.1, 0.15) is 0 Å². The molecule has 9 rings (SSSR count). The minimum absolute atomic E-state index is 0. The Morgan fingerprint density at radius 2 is 1.44 bits per heavy atom. The molecule has 5 nitrogen and oxygen atoms in total. The largest absolute Gasteiger partial charge is 0.486 e. The van der Waals surface area contributed by atoms with E-state index in [-0.39, 0.29) is 20.1 Å². The molecule has 0 aliphatic rings. The molecular weight excluding hydrogens is 953 g/mol. The zero-order chi connectivity index (χ0) is 43.2. The average Bonchev–Trinajstić information content (AvgIpc) is 3.81. The quantitative estimate of drug-likeness (QED) is 0.107. The van der Waals surface area contributed by atoms with Gasteiger partial charge in [0.05, 0.1) is 30.5 Å². The number of rotatable bonds is 9. The van der Waals surface area contributed by atoms with Crippen molar-refractivity contribution in [1.82, 2.24) is 19.5 Å². The van der Waals surface area contributed by atoms with Crippen molar-refractivity contribution in [3.63, 3.8) is 0 Å². The van der Waals surface area contributed by atoms with Crippen LogP contribution in [0.5, 0.6) is 0 Å². The Balaban J connectivity index is 0.000000233. The molecule has 4 heterocycles. The summed E-state index contributed by atoms with van der Waals surface area (Å²) in [6, 6.07) is 45.0. The van der Waals surface area contributed by atoms with Crippen molar-refractivity contribution in [2.24, 2.45) is 5.92 Å². The fourth-order valence-electron chi connectivity index (χ4n) is 8.69. The van der Waals surface area contributed by atoms with E-state index in [1.165, 1.54) is 38.3 Å². The van der Waals surface area contributed by atoms with Crippen LogP contribution in [-0.2, 0) is 26.5 Å². The van der Waals surface area contributed by atoms with Crippen LogP contribution in [0.25, 0.3) is 72.2 Å². The molecule has 0 saturated heterocycles. The molecule has 0 aliphatic heterocycles. The van der Waals surface area contributed by atoms with Crippen LogP contribution in [0.4, 0.5) is 0 Å². The van der Waals surface area contributed by atoms with Crippen LogP contribution in [0.1, 0.15) is 95.5 Å². The first-order valence-corrected chi connectivity index (χ1v) is 25.4. The van der Waals surface area contributed by atoms with Crippen LogP contribution < -0.4 is 5.19 Å². The minimum Gasteiger partial charge on any atom is -0.486 e. The molecule has 319 valence electrons. The molecule has 4 aromatic heterocycles. The van der Waals surface area contributed by atoms with Gasteiger partial charge in [-0.15, -0.1) is 54.1 Å². The van der Waals surface area contributed by atoms with E-state index >= 15 is 0 Å². The van der Waals surface area contributed by atoms with E-state index in [1.54, 1.807) is 0 Å². The van der Waals surface area contributed by atoms with Gasteiger partial charge in [-0.25, -0.2) is 4.98 Å². The number of pyridine rings is 2. The Morgan fingerprint density at radius 3 is 2.13 bits per heavy atom. The van der Waals surface area contributed by atoms with Crippen LogP contribution in [0.3, 0.4) is 0 Å². The molecule has 0 atom stereocenters. The van der Waals surface area contributed by atoms with Gasteiger partial charge in [0.2, 0.25) is 5.71 Å². The van der Waals surface area contributed by atoms with Gasteiger partial charge < -0.3 is 14.0 Å². The molecule has 0 saturated carbocycles. The predicted molar refractivity (Wildman–Crippen MR) is 260 cm³/mol. The molecule has 9 aromatic rings. The normalized spacial score (nSPS) is 12.0. The van der Waals surface area contributed by atoms with Crippen molar-refractivity contribution >= 4 is 57.1 Å². The summed E-state index contributed by atoms with van der Waals surface area (Å²) in [5.41, 5.74) is 12.8. The Morgan fingerprint density at radius 1 is 0.694 bits per heavy atom. The number of furan rings is 1. The van der Waals surface area contributed by atoms with Gasteiger partial charge >= 0.3 is 0 Å². The Hall–Kier alpha value is -5.20. The average molecular weight is 1010 g/mol. The Labute approximate surface area is 382 Å². The molecule has 0 N–H and O–H groups in total. The number of benzene rings is 5. The fourth-order valence-corrected chi connectivity index (χ4v) is 10.3. The molecular formula is C55H58IrN4OSi-2. The summed E-state index contributed by atoms with van der Waals surface area (Å²) < 4.78 is 8.90. The molecule has 5 aromatic carbocycles. The second kappa shape index (κ2) is 18.3. The number of fused-ring (bicyclic) bond motifs is 5. The topological polar surface area (TPSA) is 56.7 Å². The van der Waals surface area contributed by atoms with Gasteiger partial charge in [-0.1, -0.05) is 134 Å². The summed E-state index contributed by atoms with van der Waals surface area (Å²) in [7, 11) is -1.34. The van der Waals surface area contributed by atoms with Crippen molar-refractivity contribution < 1.29 is 24.5 Å². The van der Waals surface area contributed by atoms with E-state index in [1.807, 2.05) is 24.3 Å². The summed E-state index contributed by atoms with van der Waals surface area (Å²) in [5.74, 6) is 2.43. The maximum absolute atomic E-state index is 6.55. The van der Waals surface area contributed by atoms with E-state index in [0.717, 1.165) is 62.1 Å². The molecule has 0 fully saturated rings. The second-order valence-electron chi connectivity index (χ2n) is 18.8. The molecule has 1 radical (unpaired) electrons. The van der Waals surface area contributed by atoms with E-state index in [0.29, 0.717) is 29.4 Å². The molecule has 0 aliphatic carbocycles. The number of hydrogen-bond acceptors (Lipinski definition) is 4. The number of imidazole rings is 1. The maximum atomic E-state index is 6.55. The molecule has 7 heteroatoms. The van der Waals surface area contributed by atoms with Crippen molar-refractivity contribution in [1.29, 1.82) is 0 Å². The third-order valence-corrected chi connectivity index (χ3v) is 13.7. The first-order valence-electron chi connectivity index (χ1n) is 21.9. The number of para-hydroxylation sites is 2. The number of aromatic nitrogens is 4. The third-order valence-electron chi connectivity index (χ3n) is 11.6. The maximum Gasteiger partial charge on any atom is 0.216 e. The third kappa shape index (κ3) is 8.73. The first-order chi connectivity index (χ1) is 29.2. The van der Waals surface area contributed by atoms with Gasteiger partial charge in [-0.05, 0) is 93.2 Å². The second-order valence-corrected chi connectivity index (χ2v) is 23.8. The molecule has 0 amide bonds. The fraction of sp³-hybridized carbons (Fsp3) is 0.291. The number of nitrogens with zero attached hydrogens (tertiary/aromatic N) is 4. The van der Waals surface area contributed by atoms with Crippen LogP contribution in [-0.4, -0.2) is 27.6 Å². The van der Waals surface area contributed by atoms with Crippen molar-refractivity contribution in [2.45, 2.75) is 99.2 Å². The summed E-state index contributed by atoms with van der Waals surface area (Å²) in [6.07, 6.45) is 3.24. The summed E-state index contributed by atoms with van der Waals surface area (Å²) in [4.78, 5) is 14.8. The Bertz CT molecular complexity index is 3010. The minimum atomic E-state index is -1.34. The standard InChI is InChI=1S/C37H34N3O.C18H24NSi.Ir/c1-21(2)29-20-24-12-7-8-13-25(24)33(23(5)6)34(29)40-32-17-10-9-16-31(32)38-36(40)28-15-11-14-26-27-18-19-30(22(3)4)39-37(27)41-35(26)28;1-14(2)11-16-12-17(15-9-7-6-8-10-15)19-13-18(16)20(3,4)5;/h7-14,16-23H,1-6H3;6-9,12-14H,11H2,1-5H3;/q2*-1;. The van der Waals surface area contributed by atoms with E-state index in [9.17, 15) is 0 Å². The zero-order valence-corrected chi connectivity index (χ0v) is 41.4. The van der Waals surface area contributed by atoms with Crippen molar-refractivity contribution in [2.75, 3.05) is 0 Å². The zero-order valence-electron chi connectivity index (χ0n) is 38.0. The number of hydrogen-bond donors (Lipinski definition) is 0. The van der Waals surface area contributed by atoms with E-state index in [2.05, 4.69) is 188 Å². The first kappa shape index (κ1) is 44.8. The summed E-state index contributed by atoms with van der Waals surface area (Å²) in [6.45, 7) is 25.2. The van der Waals surface area contributed by atoms with Crippen molar-refractivity contribution in [3.8, 4) is 28.3 Å². The van der Waals surface area contributed by atoms with Crippen LogP contribution in [0, 0.1) is 18.1 Å². The summed E-state index contributed by atoms with van der Waals surface area (Å²) in [5, 5.41) is 6.08. The smallest absolute Gasteiger partial charge is 0.216 e. The molecule has 62 heavy (non-hydrogen) atoms. The predicted octanol–water partition coefficient (Wildman–Crippen LogP) is 14.6. The molecule has 0 unspecified atom stereocenters. The van der Waals surface area contributed by atoms with Gasteiger partial charge in [0.15, 0.2) is 0 Å². The van der Waals surface area contributed by atoms with Crippen LogP contribution in [0.2, 0.25) is 19.6 Å². The monoisotopic (exact) mass is 1010 g/mol. The van der Waals surface area contributed by atoms with Gasteiger partial charge in [-0.2, -0.15) is 0 Å². The SMILES string of the molecule is CC(C)Cc1cc(-c2[c-]cccc2)ncc1[Si](C)(C)C.CC(C)c1ccc2c(n1)oc1c(-c3nc4ccccc4n3-c3c(C(C)C)cc4ccccc4c3C(C)C)[c-]ccc12.[Ir]. The summed E-state index contributed by atoms with van der Waals surface area (Å²) >= 11 is 0. The van der Waals surface area contributed by atoms with Gasteiger partial charge in [0.25, 0.3) is 0 Å². The molecule has 0 spiro atoms. The van der Waals surface area contributed by atoms with Crippen molar-refractivity contribution in [3.05, 3.63) is 150 Å². The molecule has 0 bridgehead atoms. The van der Waals surface area contributed by atoms with E-state index in [4.69, 9.17) is 14.4 Å². The van der Waals surface area contributed by atoms with Gasteiger partial charge in [-0.3, -0.25) is 4.98 Å². The Kier molecular flexibility index (Phi) is 13.2. The van der Waals surface area contributed by atoms with Crippen LogP contribution >= 0.6 is 0 Å². The van der Waals surface area contributed by atoms with Gasteiger partial charge in [0, 0.05) is 43.1 Å².